The zero-order valence-corrected chi connectivity index (χ0v) is 15.6. The predicted octanol–water partition coefficient (Wildman–Crippen LogP) is 1.75. The highest BCUT2D eigenvalue weighted by Gasteiger charge is 2.25. The van der Waals surface area contributed by atoms with Crippen LogP contribution in [0.3, 0.4) is 0 Å². The maximum atomic E-state index is 11.8. The molecule has 1 N–H and O–H groups in total. The van der Waals surface area contributed by atoms with Gasteiger partial charge >= 0.3 is 0 Å². The fourth-order valence-electron chi connectivity index (χ4n) is 2.70. The summed E-state index contributed by atoms with van der Waals surface area (Å²) in [5.41, 5.74) is 0. The van der Waals surface area contributed by atoms with Crippen LogP contribution in [0.2, 0.25) is 0 Å². The predicted molar refractivity (Wildman–Crippen MR) is 96.5 cm³/mol. The Balaban J connectivity index is 2.61. The topological polar surface area (TPSA) is 47.9 Å². The van der Waals surface area contributed by atoms with E-state index in [0.29, 0.717) is 0 Å². The normalized spacial score (nSPS) is 18.9. The maximum absolute atomic E-state index is 11.8. The molecule has 1 rings (SSSR count). The van der Waals surface area contributed by atoms with E-state index in [-0.39, 0.29) is 12.5 Å². The molecule has 0 aromatic heterocycles. The molecule has 6 heteroatoms. The van der Waals surface area contributed by atoms with Crippen molar-refractivity contribution in [3.05, 3.63) is 0 Å². The van der Waals surface area contributed by atoms with Crippen molar-refractivity contribution in [2.75, 3.05) is 52.3 Å². The van der Waals surface area contributed by atoms with Crippen LogP contribution in [-0.4, -0.2) is 73.9 Å². The molecule has 0 bridgehead atoms. The first-order valence-electron chi connectivity index (χ1n) is 8.16. The van der Waals surface area contributed by atoms with Gasteiger partial charge in [0.15, 0.2) is 5.96 Å². The minimum atomic E-state index is 0.0436. The summed E-state index contributed by atoms with van der Waals surface area (Å²) in [4.78, 5) is 20.2. The Morgan fingerprint density at radius 2 is 2.18 bits per heavy atom. The summed E-state index contributed by atoms with van der Waals surface area (Å²) < 4.78 is 0. The first-order valence-corrected chi connectivity index (χ1v) is 9.55. The van der Waals surface area contributed by atoms with Crippen molar-refractivity contribution in [3.8, 4) is 0 Å². The van der Waals surface area contributed by atoms with Gasteiger partial charge < -0.3 is 15.1 Å². The van der Waals surface area contributed by atoms with Gasteiger partial charge in [-0.2, -0.15) is 11.8 Å². The van der Waals surface area contributed by atoms with E-state index in [1.54, 1.807) is 19.0 Å². The molecule has 1 atom stereocenters. The van der Waals surface area contributed by atoms with E-state index in [1.165, 1.54) is 12.8 Å². The molecule has 0 radical (unpaired) electrons. The molecule has 0 aromatic carbocycles. The highest BCUT2D eigenvalue weighted by Crippen LogP contribution is 2.23. The molecule has 1 saturated heterocycles. The maximum Gasteiger partial charge on any atom is 0.243 e. The van der Waals surface area contributed by atoms with Gasteiger partial charge in [0.05, 0.1) is 0 Å². The zero-order valence-electron chi connectivity index (χ0n) is 14.8. The summed E-state index contributed by atoms with van der Waals surface area (Å²) in [6, 6.07) is 0. The number of amides is 1. The third-order valence-electron chi connectivity index (χ3n) is 3.84. The van der Waals surface area contributed by atoms with E-state index < -0.39 is 0 Å². The summed E-state index contributed by atoms with van der Waals surface area (Å²) >= 11 is 1.81. The van der Waals surface area contributed by atoms with Gasteiger partial charge in [-0.05, 0) is 30.9 Å². The molecular formula is C16H32N4OS. The van der Waals surface area contributed by atoms with Crippen LogP contribution >= 0.6 is 11.8 Å². The average Bonchev–Trinajstić information content (AvgIpc) is 2.89. The second-order valence-electron chi connectivity index (χ2n) is 6.58. The Hall–Kier alpha value is -0.910. The molecule has 1 aliphatic rings. The van der Waals surface area contributed by atoms with Crippen LogP contribution in [0.5, 0.6) is 0 Å². The quantitative estimate of drug-likeness (QED) is 0.439. The lowest BCUT2D eigenvalue weighted by molar-refractivity contribution is -0.127. The van der Waals surface area contributed by atoms with Crippen LogP contribution in [0.4, 0.5) is 0 Å². The standard InChI is InChI=1S/C16H32N4OS/c1-13(2)10-14-6-8-20(12-14)16(17-7-9-22-5)18-11-15(21)19(3)4/h13-14H,6-12H2,1-5H3,(H,17,18). The number of guanidine groups is 1. The molecular weight excluding hydrogens is 296 g/mol. The summed E-state index contributed by atoms with van der Waals surface area (Å²) in [6.07, 6.45) is 4.59. The van der Waals surface area contributed by atoms with Crippen molar-refractivity contribution in [2.45, 2.75) is 26.7 Å². The molecule has 1 aliphatic heterocycles. The lowest BCUT2D eigenvalue weighted by atomic mass is 9.97. The number of likely N-dealkylation sites (N-methyl/N-ethyl adjacent to an activating group) is 1. The molecule has 128 valence electrons. The monoisotopic (exact) mass is 328 g/mol. The molecule has 5 nitrogen and oxygen atoms in total. The average molecular weight is 329 g/mol. The van der Waals surface area contributed by atoms with Gasteiger partial charge in [-0.25, -0.2) is 4.99 Å². The Bertz CT molecular complexity index is 371. The SMILES string of the molecule is CSCCNC(=NCC(=O)N(C)C)N1CCC(CC(C)C)C1. The number of hydrogen-bond acceptors (Lipinski definition) is 3. The molecule has 1 amide bonds. The van der Waals surface area contributed by atoms with Crippen molar-refractivity contribution in [2.24, 2.45) is 16.8 Å². The third kappa shape index (κ3) is 6.90. The number of rotatable bonds is 7. The fourth-order valence-corrected chi connectivity index (χ4v) is 3.01. The number of nitrogens with one attached hydrogen (secondary N) is 1. The lowest BCUT2D eigenvalue weighted by Gasteiger charge is -2.22. The van der Waals surface area contributed by atoms with Crippen molar-refractivity contribution < 1.29 is 4.79 Å². The van der Waals surface area contributed by atoms with Crippen LogP contribution in [-0.2, 0) is 4.79 Å². The van der Waals surface area contributed by atoms with Gasteiger partial charge in [0, 0.05) is 39.5 Å². The molecule has 0 spiro atoms. The van der Waals surface area contributed by atoms with Crippen molar-refractivity contribution in [1.82, 2.24) is 15.1 Å². The van der Waals surface area contributed by atoms with Gasteiger partial charge in [-0.15, -0.1) is 0 Å². The Morgan fingerprint density at radius 3 is 2.77 bits per heavy atom. The minimum Gasteiger partial charge on any atom is -0.355 e. The van der Waals surface area contributed by atoms with Crippen molar-refractivity contribution in [3.63, 3.8) is 0 Å². The van der Waals surface area contributed by atoms with Gasteiger partial charge in [-0.1, -0.05) is 13.8 Å². The summed E-state index contributed by atoms with van der Waals surface area (Å²) in [5.74, 6) is 3.48. The summed E-state index contributed by atoms with van der Waals surface area (Å²) in [6.45, 7) is 7.77. The highest BCUT2D eigenvalue weighted by molar-refractivity contribution is 7.98. The zero-order chi connectivity index (χ0) is 16.5. The van der Waals surface area contributed by atoms with Gasteiger partial charge in [0.25, 0.3) is 0 Å². The largest absolute Gasteiger partial charge is 0.355 e. The van der Waals surface area contributed by atoms with E-state index in [9.17, 15) is 4.79 Å². The van der Waals surface area contributed by atoms with Gasteiger partial charge in [0.2, 0.25) is 5.91 Å². The number of likely N-dealkylation sites (tertiary alicyclic amines) is 1. The van der Waals surface area contributed by atoms with E-state index in [0.717, 1.165) is 43.2 Å². The molecule has 1 heterocycles. The van der Waals surface area contributed by atoms with Crippen LogP contribution in [0.15, 0.2) is 4.99 Å². The van der Waals surface area contributed by atoms with Crippen LogP contribution in [0, 0.1) is 11.8 Å². The second kappa shape index (κ2) is 9.98. The number of carbonyl (C=O) groups excluding carboxylic acids is 1. The van der Waals surface area contributed by atoms with Gasteiger partial charge in [0.1, 0.15) is 6.54 Å². The Labute approximate surface area is 139 Å². The van der Waals surface area contributed by atoms with Crippen molar-refractivity contribution >= 4 is 23.6 Å². The smallest absolute Gasteiger partial charge is 0.243 e. The second-order valence-corrected chi connectivity index (χ2v) is 7.56. The first kappa shape index (κ1) is 19.1. The Morgan fingerprint density at radius 1 is 1.45 bits per heavy atom. The Kier molecular flexibility index (Phi) is 8.68. The molecule has 1 fully saturated rings. The van der Waals surface area contributed by atoms with Crippen LogP contribution in [0.1, 0.15) is 26.7 Å². The van der Waals surface area contributed by atoms with E-state index in [4.69, 9.17) is 0 Å². The van der Waals surface area contributed by atoms with E-state index in [1.807, 2.05) is 11.8 Å². The minimum absolute atomic E-state index is 0.0436. The molecule has 0 saturated carbocycles. The number of aliphatic imine (C=N–C) groups is 1. The van der Waals surface area contributed by atoms with Crippen LogP contribution < -0.4 is 5.32 Å². The molecule has 0 aromatic rings. The fraction of sp³-hybridized carbons (Fsp3) is 0.875. The van der Waals surface area contributed by atoms with Crippen LogP contribution in [0.25, 0.3) is 0 Å². The molecule has 0 aliphatic carbocycles. The molecule has 22 heavy (non-hydrogen) atoms. The first-order chi connectivity index (χ1) is 10.4. The lowest BCUT2D eigenvalue weighted by Crippen LogP contribution is -2.42. The third-order valence-corrected chi connectivity index (χ3v) is 4.45. The number of hydrogen-bond donors (Lipinski definition) is 1. The number of carbonyl (C=O) groups is 1. The number of thioether (sulfide) groups is 1. The molecule has 1 unspecified atom stereocenters. The van der Waals surface area contributed by atoms with E-state index in [2.05, 4.69) is 35.3 Å². The van der Waals surface area contributed by atoms with Gasteiger partial charge in [-0.3, -0.25) is 4.79 Å². The summed E-state index contributed by atoms with van der Waals surface area (Å²) in [5, 5.41) is 3.42. The van der Waals surface area contributed by atoms with E-state index >= 15 is 0 Å². The number of nitrogens with zero attached hydrogens (tertiary/aromatic N) is 3. The summed E-state index contributed by atoms with van der Waals surface area (Å²) in [7, 11) is 3.54. The van der Waals surface area contributed by atoms with Crippen molar-refractivity contribution in [1.29, 1.82) is 0 Å². The highest BCUT2D eigenvalue weighted by atomic mass is 32.2.